The molecule has 0 aromatic rings. The van der Waals surface area contributed by atoms with Crippen molar-refractivity contribution in [3.63, 3.8) is 0 Å². The quantitative estimate of drug-likeness (QED) is 0.0243. The zero-order chi connectivity index (χ0) is 53.5. The first-order valence-corrected chi connectivity index (χ1v) is 34.0. The summed E-state index contributed by atoms with van der Waals surface area (Å²) < 4.78 is 23.7. The van der Waals surface area contributed by atoms with E-state index in [0.717, 1.165) is 38.5 Å². The molecule has 436 valence electrons. The molecule has 0 aliphatic heterocycles. The van der Waals surface area contributed by atoms with Crippen molar-refractivity contribution >= 4 is 13.7 Å². The zero-order valence-electron chi connectivity index (χ0n) is 49.9. The fourth-order valence-corrected chi connectivity index (χ4v) is 10.9. The molecule has 0 bridgehead atoms. The molecule has 0 aliphatic carbocycles. The van der Waals surface area contributed by atoms with E-state index in [2.05, 4.69) is 31.3 Å². The van der Waals surface area contributed by atoms with Crippen LogP contribution in [0.15, 0.2) is 12.2 Å². The lowest BCUT2D eigenvalue weighted by molar-refractivity contribution is -0.870. The molecular weight excluding hydrogens is 924 g/mol. The number of aliphatic hydroxyl groups is 1. The Morgan fingerprint density at radius 1 is 0.452 bits per heavy atom. The maximum absolute atomic E-state index is 13.0. The normalized spacial score (nSPS) is 13.8. The number of allylic oxidation sites excluding steroid dienone is 2. The van der Waals surface area contributed by atoms with Crippen molar-refractivity contribution in [2.45, 2.75) is 353 Å². The van der Waals surface area contributed by atoms with E-state index in [-0.39, 0.29) is 19.1 Å². The van der Waals surface area contributed by atoms with Crippen LogP contribution >= 0.6 is 7.82 Å². The molecule has 0 saturated heterocycles. The summed E-state index contributed by atoms with van der Waals surface area (Å²) in [5.74, 6) is -0.139. The third kappa shape index (κ3) is 58.8. The first kappa shape index (κ1) is 72.2. The minimum Gasteiger partial charge on any atom is -0.391 e. The van der Waals surface area contributed by atoms with E-state index in [1.165, 1.54) is 276 Å². The fraction of sp³-hybridized carbons (Fsp3) is 0.953. The maximum atomic E-state index is 13.0. The van der Waals surface area contributed by atoms with Crippen molar-refractivity contribution < 1.29 is 32.9 Å². The summed E-state index contributed by atoms with van der Waals surface area (Å²) in [6.45, 7) is 4.91. The fourth-order valence-electron chi connectivity index (χ4n) is 10.2. The number of amides is 1. The highest BCUT2D eigenvalue weighted by atomic mass is 31.2. The third-order valence-corrected chi connectivity index (χ3v) is 16.2. The van der Waals surface area contributed by atoms with Gasteiger partial charge in [-0.1, -0.05) is 309 Å². The van der Waals surface area contributed by atoms with Gasteiger partial charge in [-0.25, -0.2) is 4.57 Å². The molecule has 0 heterocycles. The molecule has 8 nitrogen and oxygen atoms in total. The summed E-state index contributed by atoms with van der Waals surface area (Å²) in [5.41, 5.74) is 0. The number of quaternary nitrogens is 1. The number of hydrogen-bond acceptors (Lipinski definition) is 5. The van der Waals surface area contributed by atoms with Gasteiger partial charge in [-0.05, 0) is 38.5 Å². The van der Waals surface area contributed by atoms with Crippen molar-refractivity contribution in [2.24, 2.45) is 0 Å². The number of phosphoric ester groups is 1. The number of carbonyl (C=O) groups excluding carboxylic acids is 1. The van der Waals surface area contributed by atoms with E-state index in [0.29, 0.717) is 23.9 Å². The Kier molecular flexibility index (Phi) is 55.4. The lowest BCUT2D eigenvalue weighted by Gasteiger charge is -2.26. The summed E-state index contributed by atoms with van der Waals surface area (Å²) in [6.07, 6.45) is 70.5. The number of aliphatic hydroxyl groups excluding tert-OH is 1. The van der Waals surface area contributed by atoms with Crippen molar-refractivity contribution in [1.29, 1.82) is 0 Å². The molecule has 0 aromatic carbocycles. The van der Waals surface area contributed by atoms with Gasteiger partial charge in [-0.15, -0.1) is 0 Å². The number of carbonyl (C=O) groups is 1. The summed E-state index contributed by atoms with van der Waals surface area (Å²) in [4.78, 5) is 23.3. The summed E-state index contributed by atoms with van der Waals surface area (Å²) in [5, 5.41) is 14.0. The van der Waals surface area contributed by atoms with Gasteiger partial charge in [0.05, 0.1) is 39.9 Å². The summed E-state index contributed by atoms with van der Waals surface area (Å²) in [7, 11) is 1.63. The van der Waals surface area contributed by atoms with Crippen molar-refractivity contribution in [3.05, 3.63) is 12.2 Å². The van der Waals surface area contributed by atoms with Gasteiger partial charge in [-0.3, -0.25) is 13.8 Å². The second-order valence-corrected chi connectivity index (χ2v) is 25.3. The zero-order valence-corrected chi connectivity index (χ0v) is 50.8. The van der Waals surface area contributed by atoms with Crippen LogP contribution in [-0.2, 0) is 18.4 Å². The Labute approximate surface area is 456 Å². The average molecular weight is 1050 g/mol. The summed E-state index contributed by atoms with van der Waals surface area (Å²) in [6, 6.07) is -0.754. The van der Waals surface area contributed by atoms with Gasteiger partial charge in [0, 0.05) is 6.42 Å². The first-order valence-electron chi connectivity index (χ1n) is 32.6. The van der Waals surface area contributed by atoms with Crippen LogP contribution in [0.1, 0.15) is 341 Å². The minimum absolute atomic E-state index is 0.0780. The lowest BCUT2D eigenvalue weighted by atomic mass is 10.0. The third-order valence-electron chi connectivity index (χ3n) is 15.3. The number of unbranched alkanes of at least 4 members (excludes halogenated alkanes) is 46. The molecule has 0 spiro atoms. The van der Waals surface area contributed by atoms with Crippen LogP contribution in [0.2, 0.25) is 0 Å². The first-order chi connectivity index (χ1) is 35.5. The number of nitrogens with zero attached hydrogens (tertiary/aromatic N) is 1. The molecule has 3 N–H and O–H groups in total. The number of rotatable bonds is 61. The van der Waals surface area contributed by atoms with Crippen LogP contribution in [0, 0.1) is 0 Å². The molecule has 0 aliphatic rings. The standard InChI is InChI=1S/C64H129N2O6P/c1-6-8-10-12-14-16-18-19-20-21-22-23-24-25-26-27-28-29-30-31-32-33-34-35-36-37-38-39-40-41-42-43-44-45-46-47-48-50-52-54-56-58-64(68)65-62(61-72-73(69,70)71-60-59-66(3,4)5)63(67)57-55-53-51-49-17-15-13-11-9-7-2/h21-22,62-63,67H,6-20,23-61H2,1-5H3,(H-,65,68,69,70)/p+1/b22-21-. The molecule has 0 fully saturated rings. The predicted molar refractivity (Wildman–Crippen MR) is 319 cm³/mol. The maximum Gasteiger partial charge on any atom is 0.472 e. The number of likely N-dealkylation sites (N-methyl/N-ethyl adjacent to an activating group) is 1. The van der Waals surface area contributed by atoms with E-state index in [1.54, 1.807) is 0 Å². The highest BCUT2D eigenvalue weighted by Crippen LogP contribution is 2.43. The SMILES string of the molecule is CCCCCCCCCC/C=C\CCCCCCCCCCCCCCCCCCCCCCCCCCCCCCCC(=O)NC(COP(=O)(O)OCC[N+](C)(C)C)C(O)CCCCCCCCCCCC. The molecule has 0 saturated carbocycles. The predicted octanol–water partition coefficient (Wildman–Crippen LogP) is 20.2. The van der Waals surface area contributed by atoms with Gasteiger partial charge in [0.15, 0.2) is 0 Å². The van der Waals surface area contributed by atoms with Crippen LogP contribution < -0.4 is 5.32 Å². The van der Waals surface area contributed by atoms with E-state index in [9.17, 15) is 19.4 Å². The van der Waals surface area contributed by atoms with Crippen LogP contribution in [0.5, 0.6) is 0 Å². The Bertz CT molecular complexity index is 1200. The smallest absolute Gasteiger partial charge is 0.391 e. The van der Waals surface area contributed by atoms with Crippen LogP contribution in [0.25, 0.3) is 0 Å². The molecule has 73 heavy (non-hydrogen) atoms. The molecular formula is C64H130N2O6P+. The minimum atomic E-state index is -4.31. The van der Waals surface area contributed by atoms with Gasteiger partial charge in [0.2, 0.25) is 5.91 Å². The van der Waals surface area contributed by atoms with E-state index in [1.807, 2.05) is 21.1 Å². The van der Waals surface area contributed by atoms with Gasteiger partial charge < -0.3 is 19.8 Å². The second-order valence-electron chi connectivity index (χ2n) is 23.9. The van der Waals surface area contributed by atoms with Crippen molar-refractivity contribution in [3.8, 4) is 0 Å². The Hall–Kier alpha value is -0.760. The van der Waals surface area contributed by atoms with Crippen LogP contribution in [-0.4, -0.2) is 73.4 Å². The molecule has 3 atom stereocenters. The molecule has 0 rings (SSSR count). The number of hydrogen-bond donors (Lipinski definition) is 3. The lowest BCUT2D eigenvalue weighted by Crippen LogP contribution is -2.46. The topological polar surface area (TPSA) is 105 Å². The molecule has 3 unspecified atom stereocenters. The second kappa shape index (κ2) is 56.0. The van der Waals surface area contributed by atoms with E-state index in [4.69, 9.17) is 9.05 Å². The average Bonchev–Trinajstić information content (AvgIpc) is 3.35. The Morgan fingerprint density at radius 2 is 0.740 bits per heavy atom. The van der Waals surface area contributed by atoms with E-state index >= 15 is 0 Å². The van der Waals surface area contributed by atoms with Gasteiger partial charge in [-0.2, -0.15) is 0 Å². The van der Waals surface area contributed by atoms with E-state index < -0.39 is 20.0 Å². The monoisotopic (exact) mass is 1050 g/mol. The van der Waals surface area contributed by atoms with Gasteiger partial charge in [0.25, 0.3) is 0 Å². The summed E-state index contributed by atoms with van der Waals surface area (Å²) >= 11 is 0. The molecule has 1 amide bonds. The number of phosphoric acid groups is 1. The highest BCUT2D eigenvalue weighted by molar-refractivity contribution is 7.47. The molecule has 0 radical (unpaired) electrons. The van der Waals surface area contributed by atoms with Crippen LogP contribution in [0.3, 0.4) is 0 Å². The van der Waals surface area contributed by atoms with Crippen molar-refractivity contribution in [2.75, 3.05) is 40.9 Å². The Balaban J connectivity index is 3.72. The van der Waals surface area contributed by atoms with Gasteiger partial charge in [0.1, 0.15) is 13.2 Å². The van der Waals surface area contributed by atoms with Gasteiger partial charge >= 0.3 is 7.82 Å². The number of nitrogens with one attached hydrogen (secondary N) is 1. The van der Waals surface area contributed by atoms with Crippen LogP contribution in [0.4, 0.5) is 0 Å². The van der Waals surface area contributed by atoms with Crippen molar-refractivity contribution in [1.82, 2.24) is 5.32 Å². The Morgan fingerprint density at radius 3 is 1.05 bits per heavy atom. The highest BCUT2D eigenvalue weighted by Gasteiger charge is 2.28. The largest absolute Gasteiger partial charge is 0.472 e. The molecule has 9 heteroatoms. The molecule has 0 aromatic heterocycles.